The van der Waals surface area contributed by atoms with Crippen LogP contribution in [0, 0.1) is 5.41 Å². The lowest BCUT2D eigenvalue weighted by molar-refractivity contribution is -0.127. The molecule has 1 rings (SSSR count). The summed E-state index contributed by atoms with van der Waals surface area (Å²) in [5, 5.41) is 3.22. The van der Waals surface area contributed by atoms with Gasteiger partial charge >= 0.3 is 0 Å². The van der Waals surface area contributed by atoms with Gasteiger partial charge in [0.05, 0.1) is 6.54 Å². The Bertz CT molecular complexity index is 316. The SMILES string of the molecule is CC1=C(CCNCC(=O)N(C)C)CCC1(C)C. The average Bonchev–Trinajstić information content (AvgIpc) is 2.50. The van der Waals surface area contributed by atoms with Crippen molar-refractivity contribution in [1.29, 1.82) is 0 Å². The molecule has 0 heterocycles. The molecule has 0 unspecified atom stereocenters. The van der Waals surface area contributed by atoms with Crippen molar-refractivity contribution < 1.29 is 4.79 Å². The molecular formula is C14H26N2O. The van der Waals surface area contributed by atoms with E-state index in [4.69, 9.17) is 0 Å². The zero-order chi connectivity index (χ0) is 13.1. The van der Waals surface area contributed by atoms with Crippen molar-refractivity contribution in [2.75, 3.05) is 27.2 Å². The van der Waals surface area contributed by atoms with Gasteiger partial charge in [-0.3, -0.25) is 4.79 Å². The second-order valence-electron chi connectivity index (χ2n) is 5.83. The van der Waals surface area contributed by atoms with Crippen molar-refractivity contribution in [2.45, 2.75) is 40.0 Å². The van der Waals surface area contributed by atoms with Crippen molar-refractivity contribution in [2.24, 2.45) is 5.41 Å². The molecule has 0 bridgehead atoms. The summed E-state index contributed by atoms with van der Waals surface area (Å²) in [7, 11) is 3.58. The van der Waals surface area contributed by atoms with E-state index in [2.05, 4.69) is 26.1 Å². The summed E-state index contributed by atoms with van der Waals surface area (Å²) in [6.07, 6.45) is 3.57. The van der Waals surface area contributed by atoms with E-state index in [0.717, 1.165) is 13.0 Å². The Balaban J connectivity index is 2.29. The zero-order valence-electron chi connectivity index (χ0n) is 11.9. The van der Waals surface area contributed by atoms with Gasteiger partial charge in [0.25, 0.3) is 0 Å². The van der Waals surface area contributed by atoms with Crippen LogP contribution in [-0.4, -0.2) is 38.0 Å². The van der Waals surface area contributed by atoms with Crippen molar-refractivity contribution in [1.82, 2.24) is 10.2 Å². The molecule has 1 aliphatic rings. The van der Waals surface area contributed by atoms with Gasteiger partial charge in [0.2, 0.25) is 5.91 Å². The van der Waals surface area contributed by atoms with Gasteiger partial charge in [-0.25, -0.2) is 0 Å². The summed E-state index contributed by atoms with van der Waals surface area (Å²) < 4.78 is 0. The van der Waals surface area contributed by atoms with Gasteiger partial charge in [0.1, 0.15) is 0 Å². The van der Waals surface area contributed by atoms with Crippen molar-refractivity contribution in [3.05, 3.63) is 11.1 Å². The van der Waals surface area contributed by atoms with E-state index in [-0.39, 0.29) is 5.91 Å². The van der Waals surface area contributed by atoms with Crippen LogP contribution in [0.1, 0.15) is 40.0 Å². The van der Waals surface area contributed by atoms with Crippen LogP contribution in [0.5, 0.6) is 0 Å². The normalized spacial score (nSPS) is 18.6. The molecule has 0 fully saturated rings. The lowest BCUT2D eigenvalue weighted by Gasteiger charge is -2.19. The first kappa shape index (κ1) is 14.2. The number of carbonyl (C=O) groups is 1. The molecule has 1 aliphatic carbocycles. The smallest absolute Gasteiger partial charge is 0.236 e. The molecule has 0 atom stereocenters. The number of nitrogens with zero attached hydrogens (tertiary/aromatic N) is 1. The van der Waals surface area contributed by atoms with Gasteiger partial charge in [-0.2, -0.15) is 0 Å². The number of rotatable bonds is 5. The molecule has 1 amide bonds. The van der Waals surface area contributed by atoms with Crippen LogP contribution < -0.4 is 5.32 Å². The molecule has 0 spiro atoms. The summed E-state index contributed by atoms with van der Waals surface area (Å²) in [5.41, 5.74) is 3.52. The predicted molar refractivity (Wildman–Crippen MR) is 71.9 cm³/mol. The molecule has 1 N–H and O–H groups in total. The van der Waals surface area contributed by atoms with Crippen LogP contribution in [0.2, 0.25) is 0 Å². The first-order chi connectivity index (χ1) is 7.84. The highest BCUT2D eigenvalue weighted by Gasteiger charge is 2.28. The fourth-order valence-corrected chi connectivity index (χ4v) is 2.22. The van der Waals surface area contributed by atoms with Crippen LogP contribution in [0.4, 0.5) is 0 Å². The second-order valence-corrected chi connectivity index (χ2v) is 5.83. The van der Waals surface area contributed by atoms with Gasteiger partial charge < -0.3 is 10.2 Å². The summed E-state index contributed by atoms with van der Waals surface area (Å²) in [5.74, 6) is 0.141. The van der Waals surface area contributed by atoms with Crippen molar-refractivity contribution in [3.63, 3.8) is 0 Å². The summed E-state index contributed by atoms with van der Waals surface area (Å²) in [4.78, 5) is 13.0. The summed E-state index contributed by atoms with van der Waals surface area (Å²) in [6.45, 7) is 8.25. The van der Waals surface area contributed by atoms with Crippen molar-refractivity contribution >= 4 is 5.91 Å². The maximum atomic E-state index is 11.4. The minimum absolute atomic E-state index is 0.141. The average molecular weight is 238 g/mol. The van der Waals surface area contributed by atoms with E-state index in [1.54, 1.807) is 30.1 Å². The maximum absolute atomic E-state index is 11.4. The lowest BCUT2D eigenvalue weighted by atomic mass is 9.86. The molecule has 3 nitrogen and oxygen atoms in total. The Morgan fingerprint density at radius 2 is 2.06 bits per heavy atom. The van der Waals surface area contributed by atoms with Gasteiger partial charge in [-0.15, -0.1) is 0 Å². The van der Waals surface area contributed by atoms with E-state index in [1.165, 1.54) is 12.8 Å². The summed E-state index contributed by atoms with van der Waals surface area (Å²) >= 11 is 0. The van der Waals surface area contributed by atoms with Gasteiger partial charge in [-0.05, 0) is 38.1 Å². The number of carbonyl (C=O) groups excluding carboxylic acids is 1. The Hall–Kier alpha value is -0.830. The number of nitrogens with one attached hydrogen (secondary N) is 1. The van der Waals surface area contributed by atoms with Crippen LogP contribution in [0.15, 0.2) is 11.1 Å². The van der Waals surface area contributed by atoms with E-state index in [9.17, 15) is 4.79 Å². The number of allylic oxidation sites excluding steroid dienone is 1. The Kier molecular flexibility index (Phi) is 4.75. The standard InChI is InChI=1S/C14H26N2O/c1-11-12(6-8-14(11,2)3)7-9-15-10-13(17)16(4)5/h15H,6-10H2,1-5H3. The zero-order valence-corrected chi connectivity index (χ0v) is 11.9. The second kappa shape index (κ2) is 5.67. The van der Waals surface area contributed by atoms with Crippen LogP contribution >= 0.6 is 0 Å². The lowest BCUT2D eigenvalue weighted by Crippen LogP contribution is -2.33. The van der Waals surface area contributed by atoms with E-state index in [1.807, 2.05) is 0 Å². The number of hydrogen-bond acceptors (Lipinski definition) is 2. The first-order valence-electron chi connectivity index (χ1n) is 6.44. The maximum Gasteiger partial charge on any atom is 0.236 e. The molecule has 98 valence electrons. The quantitative estimate of drug-likeness (QED) is 0.588. The molecule has 17 heavy (non-hydrogen) atoms. The molecule has 0 aliphatic heterocycles. The molecule has 0 aromatic carbocycles. The van der Waals surface area contributed by atoms with Gasteiger partial charge in [0, 0.05) is 14.1 Å². The molecule has 0 radical (unpaired) electrons. The predicted octanol–water partition coefficient (Wildman–Crippen LogP) is 2.19. The number of likely N-dealkylation sites (N-methyl/N-ethyl adjacent to an activating group) is 1. The van der Waals surface area contributed by atoms with E-state index < -0.39 is 0 Å². The first-order valence-corrected chi connectivity index (χ1v) is 6.44. The Morgan fingerprint density at radius 3 is 2.53 bits per heavy atom. The van der Waals surface area contributed by atoms with Crippen molar-refractivity contribution in [3.8, 4) is 0 Å². The van der Waals surface area contributed by atoms with E-state index >= 15 is 0 Å². The van der Waals surface area contributed by atoms with Crippen LogP contribution in [0.25, 0.3) is 0 Å². The molecule has 0 aromatic rings. The highest BCUT2D eigenvalue weighted by atomic mass is 16.2. The fraction of sp³-hybridized carbons (Fsp3) is 0.786. The molecule has 0 saturated carbocycles. The monoisotopic (exact) mass is 238 g/mol. The summed E-state index contributed by atoms with van der Waals surface area (Å²) in [6, 6.07) is 0. The minimum atomic E-state index is 0.141. The molecule has 3 heteroatoms. The number of amides is 1. The Labute approximate surface area is 105 Å². The third-order valence-corrected chi connectivity index (χ3v) is 3.98. The molecular weight excluding hydrogens is 212 g/mol. The highest BCUT2D eigenvalue weighted by Crippen LogP contribution is 2.42. The highest BCUT2D eigenvalue weighted by molar-refractivity contribution is 5.77. The third-order valence-electron chi connectivity index (χ3n) is 3.98. The third kappa shape index (κ3) is 3.84. The largest absolute Gasteiger partial charge is 0.348 e. The fourth-order valence-electron chi connectivity index (χ4n) is 2.22. The molecule has 0 aromatic heterocycles. The van der Waals surface area contributed by atoms with Crippen LogP contribution in [-0.2, 0) is 4.79 Å². The van der Waals surface area contributed by atoms with Gasteiger partial charge in [-0.1, -0.05) is 25.0 Å². The van der Waals surface area contributed by atoms with Crippen LogP contribution in [0.3, 0.4) is 0 Å². The van der Waals surface area contributed by atoms with E-state index in [0.29, 0.717) is 12.0 Å². The minimum Gasteiger partial charge on any atom is -0.348 e. The van der Waals surface area contributed by atoms with Gasteiger partial charge in [0.15, 0.2) is 0 Å². The Morgan fingerprint density at radius 1 is 1.41 bits per heavy atom. The topological polar surface area (TPSA) is 32.3 Å². The molecule has 0 saturated heterocycles. The number of hydrogen-bond donors (Lipinski definition) is 1.